The summed E-state index contributed by atoms with van der Waals surface area (Å²) in [5.41, 5.74) is 8.96. The van der Waals surface area contributed by atoms with Crippen molar-refractivity contribution in [1.82, 2.24) is 4.90 Å². The first kappa shape index (κ1) is 16.3. The smallest absolute Gasteiger partial charge is 0.0967 e. The molecule has 1 aliphatic rings. The van der Waals surface area contributed by atoms with E-state index in [9.17, 15) is 0 Å². The van der Waals surface area contributed by atoms with Gasteiger partial charge in [0, 0.05) is 34.9 Å². The Kier molecular flexibility index (Phi) is 4.62. The van der Waals surface area contributed by atoms with Crippen molar-refractivity contribution in [3.8, 4) is 0 Å². The zero-order valence-corrected chi connectivity index (χ0v) is 14.4. The number of morpholine rings is 1. The monoisotopic (exact) mass is 330 g/mol. The van der Waals surface area contributed by atoms with Gasteiger partial charge in [-0.15, -0.1) is 0 Å². The first-order valence-corrected chi connectivity index (χ1v) is 8.29. The molecule has 1 heterocycles. The lowest BCUT2D eigenvalue weighted by Crippen LogP contribution is -2.53. The molecule has 1 unspecified atom stereocenters. The number of hydrogen-bond acceptors (Lipinski definition) is 3. The van der Waals surface area contributed by atoms with E-state index in [1.165, 1.54) is 5.56 Å². The third-order valence-electron chi connectivity index (χ3n) is 4.46. The van der Waals surface area contributed by atoms with E-state index < -0.39 is 0 Å². The quantitative estimate of drug-likeness (QED) is 0.854. The summed E-state index contributed by atoms with van der Waals surface area (Å²) in [6, 6.07) is 16.0. The van der Waals surface area contributed by atoms with E-state index in [0.29, 0.717) is 6.61 Å². The van der Waals surface area contributed by atoms with Crippen molar-refractivity contribution < 1.29 is 4.74 Å². The number of halogens is 1. The van der Waals surface area contributed by atoms with Crippen LogP contribution in [0.5, 0.6) is 0 Å². The summed E-state index contributed by atoms with van der Waals surface area (Å²) in [6.45, 7) is 6.75. The van der Waals surface area contributed by atoms with Crippen LogP contribution in [0.3, 0.4) is 0 Å². The van der Waals surface area contributed by atoms with Gasteiger partial charge in [0.2, 0.25) is 0 Å². The van der Waals surface area contributed by atoms with Crippen LogP contribution in [0.25, 0.3) is 0 Å². The fourth-order valence-electron chi connectivity index (χ4n) is 3.01. The van der Waals surface area contributed by atoms with Crippen LogP contribution in [0.4, 0.5) is 5.69 Å². The molecule has 0 radical (unpaired) electrons. The standard InChI is InChI=1S/C19H23ClN2O/c1-19(2)13-23-18(16-8-3-4-9-17(16)20)12-22(19)11-14-6-5-7-15(21)10-14/h3-10,18H,11-13,21H2,1-2H3. The average Bonchev–Trinajstić information content (AvgIpc) is 2.50. The highest BCUT2D eigenvalue weighted by Crippen LogP contribution is 2.34. The maximum atomic E-state index is 6.34. The lowest BCUT2D eigenvalue weighted by molar-refractivity contribution is -0.104. The second-order valence-electron chi connectivity index (χ2n) is 6.76. The molecular formula is C19H23ClN2O. The zero-order chi connectivity index (χ0) is 16.4. The Labute approximate surface area is 143 Å². The van der Waals surface area contributed by atoms with Crippen LogP contribution in [0.1, 0.15) is 31.1 Å². The van der Waals surface area contributed by atoms with Gasteiger partial charge in [-0.2, -0.15) is 0 Å². The van der Waals surface area contributed by atoms with Gasteiger partial charge in [0.05, 0.1) is 12.7 Å². The third kappa shape index (κ3) is 3.69. The SMILES string of the molecule is CC1(C)COC(c2ccccc2Cl)CN1Cc1cccc(N)c1. The Morgan fingerprint density at radius 3 is 2.74 bits per heavy atom. The predicted octanol–water partition coefficient (Wildman–Crippen LogP) is 4.27. The van der Waals surface area contributed by atoms with Crippen molar-refractivity contribution in [2.45, 2.75) is 32.0 Å². The van der Waals surface area contributed by atoms with E-state index in [1.54, 1.807) is 0 Å². The number of nitrogen functional groups attached to an aromatic ring is 1. The van der Waals surface area contributed by atoms with Gasteiger partial charge in [0.15, 0.2) is 0 Å². The lowest BCUT2D eigenvalue weighted by Gasteiger charge is -2.45. The molecule has 1 atom stereocenters. The molecule has 1 fully saturated rings. The molecule has 4 heteroatoms. The zero-order valence-electron chi connectivity index (χ0n) is 13.6. The fraction of sp³-hybridized carbons (Fsp3) is 0.368. The average molecular weight is 331 g/mol. The Morgan fingerprint density at radius 2 is 2.00 bits per heavy atom. The minimum Gasteiger partial charge on any atom is -0.399 e. The predicted molar refractivity (Wildman–Crippen MR) is 95.5 cm³/mol. The number of rotatable bonds is 3. The van der Waals surface area contributed by atoms with Crippen LogP contribution in [-0.4, -0.2) is 23.6 Å². The summed E-state index contributed by atoms with van der Waals surface area (Å²) in [5, 5.41) is 0.765. The molecular weight excluding hydrogens is 308 g/mol. The highest BCUT2D eigenvalue weighted by atomic mass is 35.5. The van der Waals surface area contributed by atoms with Crippen LogP contribution in [0, 0.1) is 0 Å². The van der Waals surface area contributed by atoms with Crippen LogP contribution in [0.15, 0.2) is 48.5 Å². The number of anilines is 1. The first-order chi connectivity index (χ1) is 11.0. The van der Waals surface area contributed by atoms with Crippen molar-refractivity contribution in [3.63, 3.8) is 0 Å². The largest absolute Gasteiger partial charge is 0.399 e. The highest BCUT2D eigenvalue weighted by Gasteiger charge is 2.36. The van der Waals surface area contributed by atoms with Crippen molar-refractivity contribution in [2.24, 2.45) is 0 Å². The molecule has 2 aromatic rings. The Balaban J connectivity index is 1.81. The second-order valence-corrected chi connectivity index (χ2v) is 7.17. The second kappa shape index (κ2) is 6.52. The summed E-state index contributed by atoms with van der Waals surface area (Å²) < 4.78 is 6.10. The minimum atomic E-state index is -0.0254. The number of nitrogens with zero attached hydrogens (tertiary/aromatic N) is 1. The van der Waals surface area contributed by atoms with Gasteiger partial charge in [0.1, 0.15) is 0 Å². The van der Waals surface area contributed by atoms with Gasteiger partial charge in [-0.3, -0.25) is 4.90 Å². The van der Waals surface area contributed by atoms with E-state index in [-0.39, 0.29) is 11.6 Å². The fourth-order valence-corrected chi connectivity index (χ4v) is 3.27. The number of nitrogens with two attached hydrogens (primary N) is 1. The lowest BCUT2D eigenvalue weighted by atomic mass is 9.97. The van der Waals surface area contributed by atoms with Gasteiger partial charge >= 0.3 is 0 Å². The van der Waals surface area contributed by atoms with Gasteiger partial charge in [0.25, 0.3) is 0 Å². The molecule has 0 spiro atoms. The normalized spacial score (nSPS) is 21.3. The summed E-state index contributed by atoms with van der Waals surface area (Å²) in [4.78, 5) is 2.44. The summed E-state index contributed by atoms with van der Waals surface area (Å²) in [7, 11) is 0. The minimum absolute atomic E-state index is 0.00205. The molecule has 3 rings (SSSR count). The maximum absolute atomic E-state index is 6.34. The Morgan fingerprint density at radius 1 is 1.22 bits per heavy atom. The number of hydrogen-bond donors (Lipinski definition) is 1. The van der Waals surface area contributed by atoms with Crippen LogP contribution in [-0.2, 0) is 11.3 Å². The molecule has 0 saturated carbocycles. The van der Waals surface area contributed by atoms with E-state index in [2.05, 4.69) is 24.8 Å². The molecule has 23 heavy (non-hydrogen) atoms. The summed E-state index contributed by atoms with van der Waals surface area (Å²) in [6.07, 6.45) is -0.00205. The number of benzene rings is 2. The van der Waals surface area contributed by atoms with Crippen molar-refractivity contribution in [3.05, 3.63) is 64.7 Å². The topological polar surface area (TPSA) is 38.5 Å². The maximum Gasteiger partial charge on any atom is 0.0967 e. The summed E-state index contributed by atoms with van der Waals surface area (Å²) >= 11 is 6.34. The molecule has 0 bridgehead atoms. The van der Waals surface area contributed by atoms with Crippen molar-refractivity contribution in [1.29, 1.82) is 0 Å². The molecule has 122 valence electrons. The first-order valence-electron chi connectivity index (χ1n) is 7.91. The molecule has 2 aromatic carbocycles. The number of ether oxygens (including phenoxy) is 1. The molecule has 1 saturated heterocycles. The van der Waals surface area contributed by atoms with Crippen LogP contribution >= 0.6 is 11.6 Å². The van der Waals surface area contributed by atoms with E-state index in [0.717, 1.165) is 29.4 Å². The molecule has 0 amide bonds. The molecule has 1 aliphatic heterocycles. The van der Waals surface area contributed by atoms with Crippen LogP contribution < -0.4 is 5.73 Å². The third-order valence-corrected chi connectivity index (χ3v) is 4.80. The van der Waals surface area contributed by atoms with Gasteiger partial charge in [-0.1, -0.05) is 41.9 Å². The van der Waals surface area contributed by atoms with Crippen molar-refractivity contribution >= 4 is 17.3 Å². The van der Waals surface area contributed by atoms with Crippen LogP contribution in [0.2, 0.25) is 5.02 Å². The highest BCUT2D eigenvalue weighted by molar-refractivity contribution is 6.31. The van der Waals surface area contributed by atoms with Crippen molar-refractivity contribution in [2.75, 3.05) is 18.9 Å². The Bertz CT molecular complexity index is 687. The molecule has 3 nitrogen and oxygen atoms in total. The van der Waals surface area contributed by atoms with E-state index in [4.69, 9.17) is 22.1 Å². The molecule has 0 aromatic heterocycles. The van der Waals surface area contributed by atoms with E-state index >= 15 is 0 Å². The van der Waals surface area contributed by atoms with Gasteiger partial charge in [-0.25, -0.2) is 0 Å². The Hall–Kier alpha value is -1.55. The van der Waals surface area contributed by atoms with Gasteiger partial charge < -0.3 is 10.5 Å². The van der Waals surface area contributed by atoms with Gasteiger partial charge in [-0.05, 0) is 37.6 Å². The van der Waals surface area contributed by atoms with E-state index in [1.807, 2.05) is 42.5 Å². The molecule has 2 N–H and O–H groups in total. The molecule has 0 aliphatic carbocycles. The summed E-state index contributed by atoms with van der Waals surface area (Å²) in [5.74, 6) is 0.